The average molecular weight is 1290 g/mol. The third-order valence-electron chi connectivity index (χ3n) is 19.1. The zero-order valence-corrected chi connectivity index (χ0v) is 55.0. The Balaban J connectivity index is 0.000000193. The van der Waals surface area contributed by atoms with E-state index in [1.807, 2.05) is 60.7 Å². The summed E-state index contributed by atoms with van der Waals surface area (Å²) in [4.78, 5) is 98.2. The SMILES string of the molecule is COc1ccc([C@@H](CCCNC(=O)C2CCCO2)N2C(=O)c3cccc(N4CCN([C@H](C)c5ccccc5)CC4)c3C2=O)cc1OC.COc1ccc([C@@H](CCCNC(=O)c2ccncc2)N2C(=O)c3cccc(N4CCN([C@H](C)c5ccccc5)CC4)c3C2=O)cc1OC. The minimum absolute atomic E-state index is 0.117. The van der Waals surface area contributed by atoms with Crippen LogP contribution in [0.5, 0.6) is 23.0 Å². The maximum atomic E-state index is 14.4. The predicted molar refractivity (Wildman–Crippen MR) is 363 cm³/mol. The van der Waals surface area contributed by atoms with Crippen molar-refractivity contribution in [2.75, 3.05) is 110 Å². The van der Waals surface area contributed by atoms with Crippen LogP contribution in [0.4, 0.5) is 11.4 Å². The number of piperazine rings is 2. The molecule has 1 unspecified atom stereocenters. The first kappa shape index (κ1) is 66.8. The molecule has 95 heavy (non-hydrogen) atoms. The Hall–Kier alpha value is -9.63. The van der Waals surface area contributed by atoms with Gasteiger partial charge in [-0.05, 0) is 135 Å². The summed E-state index contributed by atoms with van der Waals surface area (Å²) in [7, 11) is 6.25. The molecular weight excluding hydrogens is 1200 g/mol. The summed E-state index contributed by atoms with van der Waals surface area (Å²) >= 11 is 0. The summed E-state index contributed by atoms with van der Waals surface area (Å²) in [5, 5.41) is 5.91. The fourth-order valence-electron chi connectivity index (χ4n) is 13.8. The summed E-state index contributed by atoms with van der Waals surface area (Å²) in [5.74, 6) is 0.555. The number of carbonyl (C=O) groups is 6. The van der Waals surface area contributed by atoms with Crippen LogP contribution in [0.3, 0.4) is 0 Å². The Morgan fingerprint density at radius 1 is 0.505 bits per heavy atom. The van der Waals surface area contributed by atoms with Gasteiger partial charge in [0.1, 0.15) is 6.10 Å². The number of amides is 6. The largest absolute Gasteiger partial charge is 0.493 e. The fraction of sp³-hybridized carbons (Fsp3) is 0.373. The number of nitrogens with one attached hydrogen (secondary N) is 2. The quantitative estimate of drug-likeness (QED) is 0.0426. The van der Waals surface area contributed by atoms with Gasteiger partial charge >= 0.3 is 0 Å². The molecule has 12 rings (SSSR count). The lowest BCUT2D eigenvalue weighted by atomic mass is 9.99. The number of hydrogen-bond acceptors (Lipinski definition) is 16. The molecule has 1 aromatic heterocycles. The van der Waals surface area contributed by atoms with Crippen LogP contribution in [0.25, 0.3) is 0 Å². The average Bonchev–Trinajstić information content (AvgIpc) is 1.62. The minimum atomic E-state index is -0.591. The van der Waals surface area contributed by atoms with Crippen LogP contribution in [0.15, 0.2) is 158 Å². The highest BCUT2D eigenvalue weighted by Crippen LogP contribution is 2.43. The molecule has 3 saturated heterocycles. The van der Waals surface area contributed by atoms with Gasteiger partial charge in [0, 0.05) is 102 Å². The van der Waals surface area contributed by atoms with E-state index in [0.717, 1.165) is 87.7 Å². The van der Waals surface area contributed by atoms with E-state index in [-0.39, 0.29) is 47.5 Å². The van der Waals surface area contributed by atoms with E-state index >= 15 is 0 Å². The van der Waals surface area contributed by atoms with Gasteiger partial charge in [-0.3, -0.25) is 53.4 Å². The van der Waals surface area contributed by atoms with E-state index in [0.29, 0.717) is 96.2 Å². The maximum Gasteiger partial charge on any atom is 0.264 e. The molecule has 6 heterocycles. The lowest BCUT2D eigenvalue weighted by Gasteiger charge is -2.39. The number of aromatic nitrogens is 1. The van der Waals surface area contributed by atoms with E-state index in [2.05, 4.69) is 97.6 Å². The van der Waals surface area contributed by atoms with Crippen molar-refractivity contribution >= 4 is 46.8 Å². The Morgan fingerprint density at radius 2 is 0.947 bits per heavy atom. The summed E-state index contributed by atoms with van der Waals surface area (Å²) in [6, 6.07) is 45.8. The summed E-state index contributed by atoms with van der Waals surface area (Å²) in [6.07, 6.45) is 6.31. The molecular formula is C75H85N9O11. The van der Waals surface area contributed by atoms with Gasteiger partial charge in [0.15, 0.2) is 23.0 Å². The lowest BCUT2D eigenvalue weighted by molar-refractivity contribution is -0.130. The summed E-state index contributed by atoms with van der Waals surface area (Å²) < 4.78 is 27.6. The number of hydrogen-bond donors (Lipinski definition) is 2. The van der Waals surface area contributed by atoms with Gasteiger partial charge < -0.3 is 44.1 Å². The number of benzene rings is 6. The van der Waals surface area contributed by atoms with Gasteiger partial charge in [0.25, 0.3) is 29.5 Å². The number of imide groups is 2. The summed E-state index contributed by atoms with van der Waals surface area (Å²) in [6.45, 7) is 12.2. The Kier molecular flexibility index (Phi) is 21.9. The van der Waals surface area contributed by atoms with Gasteiger partial charge in [-0.25, -0.2) is 0 Å². The lowest BCUT2D eigenvalue weighted by Crippen LogP contribution is -2.47. The molecule has 5 aliphatic heterocycles. The Labute approximate surface area is 556 Å². The van der Waals surface area contributed by atoms with Crippen molar-refractivity contribution in [1.82, 2.24) is 35.2 Å². The van der Waals surface area contributed by atoms with Crippen LogP contribution in [0, 0.1) is 0 Å². The second-order valence-electron chi connectivity index (χ2n) is 24.4. The van der Waals surface area contributed by atoms with E-state index in [1.54, 1.807) is 77.2 Å². The number of fused-ring (bicyclic) bond motifs is 2. The third kappa shape index (κ3) is 14.7. The molecule has 0 aliphatic carbocycles. The molecule has 3 fully saturated rings. The zero-order chi connectivity index (χ0) is 66.5. The molecule has 2 N–H and O–H groups in total. The van der Waals surface area contributed by atoms with Gasteiger partial charge in [-0.2, -0.15) is 0 Å². The van der Waals surface area contributed by atoms with Crippen molar-refractivity contribution in [2.45, 2.75) is 82.6 Å². The molecule has 5 aliphatic rings. The van der Waals surface area contributed by atoms with Crippen molar-refractivity contribution in [3.63, 3.8) is 0 Å². The van der Waals surface area contributed by atoms with Crippen molar-refractivity contribution in [3.8, 4) is 23.0 Å². The number of methoxy groups -OCH3 is 4. The van der Waals surface area contributed by atoms with Crippen molar-refractivity contribution in [3.05, 3.63) is 208 Å². The standard InChI is InChI=1S/C38H41N5O5.C37H44N4O6/c1-26(27-9-5-4-6-10-27)41-21-23-42(24-22-41)32-12-7-11-30-35(32)38(46)43(37(30)45)31(29-14-15-33(47-2)34(25-29)48-3)13-8-18-40-36(44)28-16-19-39-20-17-28;1-25(26-10-5-4-6-11-26)39-19-21-40(22-20-39)30-13-7-12-28-34(30)37(44)41(36(28)43)29(27-16-17-31(45-2)33(24-27)46-3)14-8-18-38-35(42)32-15-9-23-47-32/h4-7,9-12,14-17,19-20,25-26,31H,8,13,18,21-24H2,1-3H3,(H,40,44);4-7,10-13,16-17,24-25,29,32H,8-9,14-15,18-23H2,1-3H3,(H,38,42)/t26-,31-;25-,29-,32?/m11/s1. The van der Waals surface area contributed by atoms with Gasteiger partial charge in [-0.1, -0.05) is 84.9 Å². The highest BCUT2D eigenvalue weighted by Gasteiger charge is 2.45. The maximum absolute atomic E-state index is 14.4. The first-order valence-electron chi connectivity index (χ1n) is 32.9. The Morgan fingerprint density at radius 3 is 1.37 bits per heavy atom. The molecule has 0 radical (unpaired) electrons. The molecule has 496 valence electrons. The Bertz CT molecular complexity index is 3840. The molecule has 0 spiro atoms. The molecule has 20 nitrogen and oxygen atoms in total. The van der Waals surface area contributed by atoms with Crippen LogP contribution in [0.1, 0.15) is 151 Å². The molecule has 7 aromatic rings. The van der Waals surface area contributed by atoms with Gasteiger partial charge in [0.2, 0.25) is 5.91 Å². The van der Waals surface area contributed by atoms with Gasteiger partial charge in [-0.15, -0.1) is 0 Å². The van der Waals surface area contributed by atoms with E-state index in [9.17, 15) is 28.8 Å². The number of nitrogens with zero attached hydrogens (tertiary/aromatic N) is 7. The first-order valence-corrected chi connectivity index (χ1v) is 32.9. The normalized spacial score (nSPS) is 17.7. The number of ether oxygens (including phenoxy) is 5. The van der Waals surface area contributed by atoms with E-state index in [4.69, 9.17) is 23.7 Å². The van der Waals surface area contributed by atoms with E-state index < -0.39 is 18.2 Å². The minimum Gasteiger partial charge on any atom is -0.493 e. The molecule has 20 heteroatoms. The van der Waals surface area contributed by atoms with Gasteiger partial charge in [0.05, 0.1) is 74.2 Å². The second-order valence-corrected chi connectivity index (χ2v) is 24.4. The number of rotatable bonds is 24. The second kappa shape index (κ2) is 31.1. The highest BCUT2D eigenvalue weighted by molar-refractivity contribution is 6.25. The molecule has 0 bridgehead atoms. The summed E-state index contributed by atoms with van der Waals surface area (Å²) in [5.41, 5.74) is 7.90. The smallest absolute Gasteiger partial charge is 0.264 e. The molecule has 6 aromatic carbocycles. The first-order chi connectivity index (χ1) is 46.3. The molecule has 6 amide bonds. The third-order valence-corrected chi connectivity index (χ3v) is 19.1. The van der Waals surface area contributed by atoms with Crippen molar-refractivity contribution in [2.24, 2.45) is 0 Å². The van der Waals surface area contributed by atoms with Crippen molar-refractivity contribution < 1.29 is 52.5 Å². The highest BCUT2D eigenvalue weighted by atomic mass is 16.5. The molecule has 0 saturated carbocycles. The number of carbonyl (C=O) groups excluding carboxylic acids is 6. The van der Waals surface area contributed by atoms with Crippen LogP contribution >= 0.6 is 0 Å². The van der Waals surface area contributed by atoms with E-state index in [1.165, 1.54) is 20.9 Å². The van der Waals surface area contributed by atoms with Crippen LogP contribution in [0.2, 0.25) is 0 Å². The van der Waals surface area contributed by atoms with Crippen LogP contribution in [-0.4, -0.2) is 167 Å². The fourth-order valence-corrected chi connectivity index (χ4v) is 13.8. The zero-order valence-electron chi connectivity index (χ0n) is 55.0. The van der Waals surface area contributed by atoms with Crippen molar-refractivity contribution in [1.29, 1.82) is 0 Å². The number of anilines is 2. The topological polar surface area (TPSA) is 205 Å². The monoisotopic (exact) mass is 1290 g/mol. The van der Waals surface area contributed by atoms with Crippen LogP contribution in [-0.2, 0) is 9.53 Å². The molecule has 5 atom stereocenters. The van der Waals surface area contributed by atoms with Crippen LogP contribution < -0.4 is 39.4 Å². The number of pyridine rings is 1. The predicted octanol–water partition coefficient (Wildman–Crippen LogP) is 10.5.